The Morgan fingerprint density at radius 1 is 1.09 bits per heavy atom. The van der Waals surface area contributed by atoms with Crippen molar-refractivity contribution in [2.75, 3.05) is 20.3 Å². The van der Waals surface area contributed by atoms with Gasteiger partial charge in [-0.25, -0.2) is 9.18 Å². The number of esters is 1. The number of rotatable bonds is 6. The molecule has 0 heterocycles. The molecule has 0 amide bonds. The van der Waals surface area contributed by atoms with E-state index in [1.54, 1.807) is 18.2 Å². The zero-order valence-corrected chi connectivity index (χ0v) is 11.9. The highest BCUT2D eigenvalue weighted by Gasteiger charge is 2.16. The maximum Gasteiger partial charge on any atom is 0.342 e. The summed E-state index contributed by atoms with van der Waals surface area (Å²) >= 11 is 0. The van der Waals surface area contributed by atoms with Crippen LogP contribution in [-0.2, 0) is 4.74 Å². The van der Waals surface area contributed by atoms with E-state index < -0.39 is 11.8 Å². The fraction of sp³-hybridized carbons (Fsp3) is 0.188. The lowest BCUT2D eigenvalue weighted by molar-refractivity contribution is 0.0444. The third-order valence-corrected chi connectivity index (χ3v) is 2.85. The van der Waals surface area contributed by atoms with E-state index in [1.807, 2.05) is 0 Å². The molecule has 1 N–H and O–H groups in total. The molecule has 0 saturated carbocycles. The van der Waals surface area contributed by atoms with Gasteiger partial charge in [0.05, 0.1) is 7.11 Å². The molecule has 0 aliphatic rings. The second-order valence-electron chi connectivity index (χ2n) is 4.27. The molecule has 0 radical (unpaired) electrons. The number of ether oxygens (including phenoxy) is 3. The number of methoxy groups -OCH3 is 1. The Balaban J connectivity index is 1.87. The van der Waals surface area contributed by atoms with Crippen LogP contribution >= 0.6 is 0 Å². The average Bonchev–Trinajstić information content (AvgIpc) is 2.53. The largest absolute Gasteiger partial charge is 0.504 e. The molecule has 2 rings (SSSR count). The number of para-hydroxylation sites is 2. The van der Waals surface area contributed by atoms with E-state index in [0.717, 1.165) is 0 Å². The summed E-state index contributed by atoms with van der Waals surface area (Å²) in [5.41, 5.74) is -0.00904. The van der Waals surface area contributed by atoms with Crippen LogP contribution in [0.2, 0.25) is 0 Å². The molecule has 0 bridgehead atoms. The van der Waals surface area contributed by atoms with Crippen molar-refractivity contribution in [3.05, 3.63) is 53.8 Å². The van der Waals surface area contributed by atoms with Crippen molar-refractivity contribution >= 4 is 5.97 Å². The third-order valence-electron chi connectivity index (χ3n) is 2.85. The summed E-state index contributed by atoms with van der Waals surface area (Å²) in [6, 6.07) is 10.4. The topological polar surface area (TPSA) is 65.0 Å². The first-order valence-electron chi connectivity index (χ1n) is 6.54. The standard InChI is InChI=1S/C16H15FO5/c1-20-14-8-4-5-11(15(14)18)16(19)22-10-9-21-13-7-3-2-6-12(13)17/h2-8,18H,9-10H2,1H3. The van der Waals surface area contributed by atoms with Crippen LogP contribution in [0.1, 0.15) is 10.4 Å². The van der Waals surface area contributed by atoms with Crippen molar-refractivity contribution in [2.45, 2.75) is 0 Å². The Labute approximate surface area is 126 Å². The summed E-state index contributed by atoms with van der Waals surface area (Å²) in [5.74, 6) is -1.22. The maximum atomic E-state index is 13.3. The molecule has 6 heteroatoms. The van der Waals surface area contributed by atoms with Gasteiger partial charge >= 0.3 is 5.97 Å². The van der Waals surface area contributed by atoms with Crippen LogP contribution < -0.4 is 9.47 Å². The van der Waals surface area contributed by atoms with Crippen molar-refractivity contribution in [1.82, 2.24) is 0 Å². The van der Waals surface area contributed by atoms with Gasteiger partial charge in [0.15, 0.2) is 23.1 Å². The number of halogens is 1. The lowest BCUT2D eigenvalue weighted by Gasteiger charge is -2.10. The van der Waals surface area contributed by atoms with Crippen molar-refractivity contribution in [3.63, 3.8) is 0 Å². The summed E-state index contributed by atoms with van der Waals surface area (Å²) in [6.45, 7) is -0.0821. The van der Waals surface area contributed by atoms with Crippen molar-refractivity contribution in [1.29, 1.82) is 0 Å². The van der Waals surface area contributed by atoms with Gasteiger partial charge in [0.25, 0.3) is 0 Å². The van der Waals surface area contributed by atoms with Gasteiger partial charge in [-0.1, -0.05) is 18.2 Å². The number of carbonyl (C=O) groups excluding carboxylic acids is 1. The minimum atomic E-state index is -0.714. The van der Waals surface area contributed by atoms with Gasteiger partial charge in [0, 0.05) is 0 Å². The number of hydrogen-bond donors (Lipinski definition) is 1. The molecule has 0 aliphatic heterocycles. The first-order chi connectivity index (χ1) is 10.6. The van der Waals surface area contributed by atoms with E-state index in [-0.39, 0.29) is 36.0 Å². The summed E-state index contributed by atoms with van der Waals surface area (Å²) in [5, 5.41) is 9.82. The highest BCUT2D eigenvalue weighted by Crippen LogP contribution is 2.29. The molecule has 0 fully saturated rings. The predicted molar refractivity (Wildman–Crippen MR) is 76.8 cm³/mol. The number of hydrogen-bond acceptors (Lipinski definition) is 5. The second-order valence-corrected chi connectivity index (χ2v) is 4.27. The van der Waals surface area contributed by atoms with E-state index in [2.05, 4.69) is 0 Å². The van der Waals surface area contributed by atoms with Crippen molar-refractivity contribution < 1.29 is 28.5 Å². The van der Waals surface area contributed by atoms with Gasteiger partial charge in [-0.3, -0.25) is 0 Å². The molecule has 22 heavy (non-hydrogen) atoms. The molecule has 2 aromatic rings. The molecule has 2 aromatic carbocycles. The Hall–Kier alpha value is -2.76. The molecule has 0 aromatic heterocycles. The maximum absolute atomic E-state index is 13.3. The number of carbonyl (C=O) groups is 1. The second kappa shape index (κ2) is 7.31. The van der Waals surface area contributed by atoms with E-state index in [4.69, 9.17) is 14.2 Å². The van der Waals surface area contributed by atoms with Gasteiger partial charge < -0.3 is 19.3 Å². The van der Waals surface area contributed by atoms with Gasteiger partial charge in [0.2, 0.25) is 0 Å². The SMILES string of the molecule is COc1cccc(C(=O)OCCOc2ccccc2F)c1O. The molecule has 0 saturated heterocycles. The lowest BCUT2D eigenvalue weighted by Crippen LogP contribution is -2.13. The quantitative estimate of drug-likeness (QED) is 0.656. The van der Waals surface area contributed by atoms with Gasteiger partial charge in [-0.05, 0) is 24.3 Å². The Kier molecular flexibility index (Phi) is 5.19. The van der Waals surface area contributed by atoms with Crippen LogP contribution in [-0.4, -0.2) is 31.4 Å². The molecule has 116 valence electrons. The van der Waals surface area contributed by atoms with E-state index in [1.165, 1.54) is 31.4 Å². The molecular formula is C16H15FO5. The smallest absolute Gasteiger partial charge is 0.342 e. The molecule has 0 unspecified atom stereocenters. The fourth-order valence-electron chi connectivity index (χ4n) is 1.78. The molecule has 0 aliphatic carbocycles. The first kappa shape index (κ1) is 15.6. The minimum Gasteiger partial charge on any atom is -0.504 e. The molecule has 0 atom stereocenters. The van der Waals surface area contributed by atoms with Gasteiger partial charge in [-0.15, -0.1) is 0 Å². The molecule has 5 nitrogen and oxygen atoms in total. The monoisotopic (exact) mass is 306 g/mol. The van der Waals surface area contributed by atoms with Crippen LogP contribution in [0.3, 0.4) is 0 Å². The van der Waals surface area contributed by atoms with Gasteiger partial charge in [0.1, 0.15) is 18.8 Å². The van der Waals surface area contributed by atoms with Crippen LogP contribution in [0.25, 0.3) is 0 Å². The zero-order chi connectivity index (χ0) is 15.9. The number of phenols is 1. The predicted octanol–water partition coefficient (Wildman–Crippen LogP) is 2.78. The molecular weight excluding hydrogens is 291 g/mol. The van der Waals surface area contributed by atoms with Crippen LogP contribution in [0, 0.1) is 5.82 Å². The zero-order valence-electron chi connectivity index (χ0n) is 11.9. The highest BCUT2D eigenvalue weighted by molar-refractivity contribution is 5.93. The van der Waals surface area contributed by atoms with Crippen LogP contribution in [0.5, 0.6) is 17.2 Å². The van der Waals surface area contributed by atoms with Crippen LogP contribution in [0.4, 0.5) is 4.39 Å². The molecule has 0 spiro atoms. The average molecular weight is 306 g/mol. The van der Waals surface area contributed by atoms with E-state index in [9.17, 15) is 14.3 Å². The highest BCUT2D eigenvalue weighted by atomic mass is 19.1. The number of benzene rings is 2. The third kappa shape index (κ3) is 3.66. The minimum absolute atomic E-state index is 0.00258. The summed E-state index contributed by atoms with van der Waals surface area (Å²) < 4.78 is 28.3. The lowest BCUT2D eigenvalue weighted by atomic mass is 10.2. The summed E-state index contributed by atoms with van der Waals surface area (Å²) in [7, 11) is 1.38. The van der Waals surface area contributed by atoms with E-state index in [0.29, 0.717) is 0 Å². The number of phenolic OH excluding ortho intramolecular Hbond substituents is 1. The van der Waals surface area contributed by atoms with Crippen molar-refractivity contribution in [2.24, 2.45) is 0 Å². The summed E-state index contributed by atoms with van der Waals surface area (Å²) in [4.78, 5) is 11.8. The van der Waals surface area contributed by atoms with Crippen LogP contribution in [0.15, 0.2) is 42.5 Å². The fourth-order valence-corrected chi connectivity index (χ4v) is 1.78. The van der Waals surface area contributed by atoms with E-state index >= 15 is 0 Å². The number of aromatic hydroxyl groups is 1. The van der Waals surface area contributed by atoms with Crippen molar-refractivity contribution in [3.8, 4) is 17.2 Å². The Bertz CT molecular complexity index is 657. The normalized spacial score (nSPS) is 10.1. The first-order valence-corrected chi connectivity index (χ1v) is 6.54. The Morgan fingerprint density at radius 2 is 1.82 bits per heavy atom. The summed E-state index contributed by atoms with van der Waals surface area (Å²) in [6.07, 6.45) is 0. The Morgan fingerprint density at radius 3 is 2.55 bits per heavy atom. The van der Waals surface area contributed by atoms with Gasteiger partial charge in [-0.2, -0.15) is 0 Å².